The summed E-state index contributed by atoms with van der Waals surface area (Å²) in [6, 6.07) is -0.637. The molecule has 0 rings (SSSR count). The second kappa shape index (κ2) is 46.5. The zero-order valence-corrected chi connectivity index (χ0v) is 36.7. The van der Waals surface area contributed by atoms with Crippen LogP contribution in [0.15, 0.2) is 60.8 Å². The summed E-state index contributed by atoms with van der Waals surface area (Å²) in [5.74, 6) is -0.0758. The smallest absolute Gasteiger partial charge is 0.220 e. The molecule has 3 N–H and O–H groups in total. The molecule has 55 heavy (non-hydrogen) atoms. The predicted molar refractivity (Wildman–Crippen MR) is 244 cm³/mol. The SMILES string of the molecule is CCCCCC/C=C/CC/C=C/C(O)C(CO)NC(=O)CCCCCCCCCCCCCCCCCCCC/C=C\C/C=C\C/C=C\CCCCCCC. The van der Waals surface area contributed by atoms with Crippen LogP contribution in [0.25, 0.3) is 0 Å². The van der Waals surface area contributed by atoms with Crippen molar-refractivity contribution in [3.63, 3.8) is 0 Å². The molecule has 0 bridgehead atoms. The van der Waals surface area contributed by atoms with Crippen LogP contribution in [0, 0.1) is 0 Å². The van der Waals surface area contributed by atoms with Crippen molar-refractivity contribution in [2.75, 3.05) is 6.61 Å². The number of carbonyl (C=O) groups excluding carboxylic acids is 1. The van der Waals surface area contributed by atoms with Gasteiger partial charge >= 0.3 is 0 Å². The first-order chi connectivity index (χ1) is 27.2. The van der Waals surface area contributed by atoms with Crippen LogP contribution in [0.4, 0.5) is 0 Å². The van der Waals surface area contributed by atoms with Crippen molar-refractivity contribution in [3.8, 4) is 0 Å². The third-order valence-corrected chi connectivity index (χ3v) is 10.7. The fourth-order valence-electron chi connectivity index (χ4n) is 7.02. The molecule has 320 valence electrons. The van der Waals surface area contributed by atoms with Crippen molar-refractivity contribution in [2.45, 2.75) is 251 Å². The Hall–Kier alpha value is -1.91. The van der Waals surface area contributed by atoms with E-state index < -0.39 is 12.1 Å². The van der Waals surface area contributed by atoms with E-state index >= 15 is 0 Å². The molecule has 1 amide bonds. The van der Waals surface area contributed by atoms with E-state index in [-0.39, 0.29) is 12.5 Å². The van der Waals surface area contributed by atoms with E-state index in [4.69, 9.17) is 0 Å². The quantitative estimate of drug-likeness (QED) is 0.0427. The van der Waals surface area contributed by atoms with Gasteiger partial charge < -0.3 is 15.5 Å². The van der Waals surface area contributed by atoms with Crippen LogP contribution in [-0.4, -0.2) is 34.9 Å². The Morgan fingerprint density at radius 1 is 0.436 bits per heavy atom. The van der Waals surface area contributed by atoms with Gasteiger partial charge in [0, 0.05) is 6.42 Å². The van der Waals surface area contributed by atoms with Gasteiger partial charge in [-0.15, -0.1) is 0 Å². The highest BCUT2D eigenvalue weighted by molar-refractivity contribution is 5.76. The number of hydrogen-bond acceptors (Lipinski definition) is 3. The third kappa shape index (κ3) is 43.1. The third-order valence-electron chi connectivity index (χ3n) is 10.7. The Balaban J connectivity index is 3.46. The lowest BCUT2D eigenvalue weighted by Crippen LogP contribution is -2.45. The molecule has 0 saturated carbocycles. The van der Waals surface area contributed by atoms with Gasteiger partial charge in [-0.2, -0.15) is 0 Å². The molecule has 2 atom stereocenters. The lowest BCUT2D eigenvalue weighted by Gasteiger charge is -2.19. The van der Waals surface area contributed by atoms with Crippen molar-refractivity contribution in [1.82, 2.24) is 5.32 Å². The van der Waals surface area contributed by atoms with E-state index in [2.05, 4.69) is 67.8 Å². The van der Waals surface area contributed by atoms with Crippen LogP contribution < -0.4 is 5.32 Å². The summed E-state index contributed by atoms with van der Waals surface area (Å²) in [5.41, 5.74) is 0. The number of nitrogens with one attached hydrogen (secondary N) is 1. The first-order valence-electron chi connectivity index (χ1n) is 24.0. The van der Waals surface area contributed by atoms with Gasteiger partial charge in [0.15, 0.2) is 0 Å². The maximum atomic E-state index is 12.4. The van der Waals surface area contributed by atoms with Gasteiger partial charge in [0.05, 0.1) is 18.8 Å². The Morgan fingerprint density at radius 2 is 0.764 bits per heavy atom. The van der Waals surface area contributed by atoms with Crippen molar-refractivity contribution in [3.05, 3.63) is 60.8 Å². The van der Waals surface area contributed by atoms with E-state index in [1.165, 1.54) is 173 Å². The minimum Gasteiger partial charge on any atom is -0.394 e. The van der Waals surface area contributed by atoms with Gasteiger partial charge in [-0.1, -0.05) is 222 Å². The fourth-order valence-corrected chi connectivity index (χ4v) is 7.02. The Labute approximate surface area is 343 Å². The van der Waals surface area contributed by atoms with Crippen LogP contribution in [0.5, 0.6) is 0 Å². The number of hydrogen-bond donors (Lipinski definition) is 3. The topological polar surface area (TPSA) is 69.6 Å². The molecule has 2 unspecified atom stereocenters. The molecule has 0 aromatic carbocycles. The molecule has 0 spiro atoms. The average Bonchev–Trinajstić information content (AvgIpc) is 3.19. The van der Waals surface area contributed by atoms with Crippen LogP contribution in [0.1, 0.15) is 239 Å². The summed E-state index contributed by atoms with van der Waals surface area (Å²) < 4.78 is 0. The zero-order valence-electron chi connectivity index (χ0n) is 36.7. The number of amides is 1. The van der Waals surface area contributed by atoms with E-state index in [9.17, 15) is 15.0 Å². The molecule has 0 fully saturated rings. The summed E-state index contributed by atoms with van der Waals surface area (Å²) in [4.78, 5) is 12.4. The van der Waals surface area contributed by atoms with E-state index in [0.29, 0.717) is 6.42 Å². The molecule has 0 aliphatic heterocycles. The highest BCUT2D eigenvalue weighted by Crippen LogP contribution is 2.15. The van der Waals surface area contributed by atoms with Gasteiger partial charge in [-0.3, -0.25) is 4.79 Å². The number of unbranched alkanes of at least 4 members (excludes halogenated alkanes) is 28. The molecular formula is C51H93NO3. The van der Waals surface area contributed by atoms with Crippen molar-refractivity contribution >= 4 is 5.91 Å². The summed E-state index contributed by atoms with van der Waals surface area (Å²) in [6.45, 7) is 4.25. The van der Waals surface area contributed by atoms with E-state index in [1.807, 2.05) is 6.08 Å². The highest BCUT2D eigenvalue weighted by atomic mass is 16.3. The number of carbonyl (C=O) groups is 1. The van der Waals surface area contributed by atoms with Crippen LogP contribution in [0.2, 0.25) is 0 Å². The molecule has 4 nitrogen and oxygen atoms in total. The number of rotatable bonds is 43. The Bertz CT molecular complexity index is 919. The molecular weight excluding hydrogens is 675 g/mol. The average molecular weight is 768 g/mol. The zero-order chi connectivity index (χ0) is 40.0. The lowest BCUT2D eigenvalue weighted by atomic mass is 10.0. The van der Waals surface area contributed by atoms with Crippen LogP contribution in [-0.2, 0) is 4.79 Å². The molecule has 0 aliphatic carbocycles. The normalized spacial score (nSPS) is 13.5. The van der Waals surface area contributed by atoms with Gasteiger partial charge in [0.25, 0.3) is 0 Å². The van der Waals surface area contributed by atoms with Gasteiger partial charge in [-0.05, 0) is 70.6 Å². The maximum absolute atomic E-state index is 12.4. The second-order valence-corrected chi connectivity index (χ2v) is 16.2. The second-order valence-electron chi connectivity index (χ2n) is 16.2. The number of aliphatic hydroxyl groups excluding tert-OH is 2. The first-order valence-corrected chi connectivity index (χ1v) is 24.0. The van der Waals surface area contributed by atoms with Crippen LogP contribution >= 0.6 is 0 Å². The Kier molecular flexibility index (Phi) is 44.9. The molecule has 0 aromatic rings. The summed E-state index contributed by atoms with van der Waals surface area (Å²) in [6.07, 6.45) is 65.1. The van der Waals surface area contributed by atoms with Crippen molar-refractivity contribution < 1.29 is 15.0 Å². The molecule has 0 aromatic heterocycles. The van der Waals surface area contributed by atoms with Crippen LogP contribution in [0.3, 0.4) is 0 Å². The highest BCUT2D eigenvalue weighted by Gasteiger charge is 2.17. The largest absolute Gasteiger partial charge is 0.394 e. The summed E-state index contributed by atoms with van der Waals surface area (Å²) >= 11 is 0. The van der Waals surface area contributed by atoms with Gasteiger partial charge in [0.2, 0.25) is 5.91 Å². The predicted octanol–water partition coefficient (Wildman–Crippen LogP) is 15.3. The van der Waals surface area contributed by atoms with E-state index in [1.54, 1.807) is 6.08 Å². The number of allylic oxidation sites excluding steroid dienone is 9. The van der Waals surface area contributed by atoms with Crippen molar-refractivity contribution in [1.29, 1.82) is 0 Å². The minimum atomic E-state index is -0.860. The fraction of sp³-hybridized carbons (Fsp3) is 0.784. The number of aliphatic hydroxyl groups is 2. The summed E-state index contributed by atoms with van der Waals surface area (Å²) in [7, 11) is 0. The molecule has 0 aliphatic rings. The minimum absolute atomic E-state index is 0.0758. The Morgan fingerprint density at radius 3 is 1.20 bits per heavy atom. The first kappa shape index (κ1) is 53.1. The maximum Gasteiger partial charge on any atom is 0.220 e. The molecule has 0 radical (unpaired) electrons. The molecule has 0 heterocycles. The van der Waals surface area contributed by atoms with Gasteiger partial charge in [0.1, 0.15) is 0 Å². The van der Waals surface area contributed by atoms with Gasteiger partial charge in [-0.25, -0.2) is 0 Å². The summed E-state index contributed by atoms with van der Waals surface area (Å²) in [5, 5.41) is 22.9. The molecule has 4 heteroatoms. The monoisotopic (exact) mass is 768 g/mol. The van der Waals surface area contributed by atoms with Crippen molar-refractivity contribution in [2.24, 2.45) is 0 Å². The standard InChI is InChI=1S/C51H93NO3/c1-3-5-7-9-11-13-15-16-17-18-19-20-21-22-23-24-25-26-27-28-29-30-31-32-33-34-35-36-37-39-41-43-45-47-51(55)52-49(48-53)50(54)46-44-42-40-38-14-12-10-8-6-4-2/h14-16,18-19,21-22,38,44,46,49-50,53-54H,3-13,17,20,23-37,39-43,45,47-48H2,1-2H3,(H,52,55)/b16-15-,19-18-,22-21-,38-14+,46-44+. The molecule has 0 saturated heterocycles. The van der Waals surface area contributed by atoms with E-state index in [0.717, 1.165) is 44.9 Å². The lowest BCUT2D eigenvalue weighted by molar-refractivity contribution is -0.123.